The molecule has 0 aliphatic heterocycles. The number of benzene rings is 1. The molecule has 0 fully saturated rings. The average Bonchev–Trinajstić information content (AvgIpc) is 2.42. The molecular weight excluding hydrogens is 270 g/mol. The van der Waals surface area contributed by atoms with Gasteiger partial charge in [-0.1, -0.05) is 19.1 Å². The van der Waals surface area contributed by atoms with Crippen LogP contribution in [0.1, 0.15) is 27.2 Å². The summed E-state index contributed by atoms with van der Waals surface area (Å²) in [6.07, 6.45) is 0.610. The molecule has 4 nitrogen and oxygen atoms in total. The lowest BCUT2D eigenvalue weighted by atomic mass is 10.1. The van der Waals surface area contributed by atoms with Crippen LogP contribution in [0.3, 0.4) is 0 Å². The Morgan fingerprint density at radius 2 is 1.80 bits per heavy atom. The summed E-state index contributed by atoms with van der Waals surface area (Å²) in [5.41, 5.74) is 7.48. The molecule has 0 aliphatic carbocycles. The van der Waals surface area contributed by atoms with E-state index in [0.717, 1.165) is 24.5 Å². The van der Waals surface area contributed by atoms with Crippen LogP contribution in [0.5, 0.6) is 0 Å². The monoisotopic (exact) mass is 293 g/mol. The molecule has 0 heterocycles. The maximum Gasteiger partial charge on any atom is 0.234 e. The molecule has 0 saturated carbocycles. The Balaban J connectivity index is 2.75. The van der Waals surface area contributed by atoms with Gasteiger partial charge in [0, 0.05) is 24.5 Å². The first-order chi connectivity index (χ1) is 9.53. The number of carbonyl (C=O) groups is 1. The SMILES string of the molecule is CCC(C(=O)Nc1ccc(N(CC)CC)cc1)C(N)=S. The summed E-state index contributed by atoms with van der Waals surface area (Å²) in [6, 6.07) is 7.81. The van der Waals surface area contributed by atoms with Gasteiger partial charge in [-0.2, -0.15) is 0 Å². The largest absolute Gasteiger partial charge is 0.393 e. The summed E-state index contributed by atoms with van der Waals surface area (Å²) >= 11 is 4.91. The van der Waals surface area contributed by atoms with Gasteiger partial charge >= 0.3 is 0 Å². The lowest BCUT2D eigenvalue weighted by molar-refractivity contribution is -0.118. The standard InChI is InChI=1S/C15H23N3OS/c1-4-13(14(16)20)15(19)17-11-7-9-12(10-8-11)18(5-2)6-3/h7-10,13H,4-6H2,1-3H3,(H2,16,20)(H,17,19). The summed E-state index contributed by atoms with van der Waals surface area (Å²) in [4.78, 5) is 14.5. The van der Waals surface area contributed by atoms with E-state index in [1.807, 2.05) is 31.2 Å². The molecule has 1 amide bonds. The Morgan fingerprint density at radius 1 is 1.25 bits per heavy atom. The maximum atomic E-state index is 12.0. The number of hydrogen-bond donors (Lipinski definition) is 2. The van der Waals surface area contributed by atoms with Gasteiger partial charge in [0.05, 0.1) is 10.9 Å². The highest BCUT2D eigenvalue weighted by molar-refractivity contribution is 7.80. The summed E-state index contributed by atoms with van der Waals surface area (Å²) in [5, 5.41) is 2.85. The van der Waals surface area contributed by atoms with E-state index < -0.39 is 5.92 Å². The van der Waals surface area contributed by atoms with Gasteiger partial charge in [0.15, 0.2) is 0 Å². The van der Waals surface area contributed by atoms with Gasteiger partial charge in [-0.25, -0.2) is 0 Å². The summed E-state index contributed by atoms with van der Waals surface area (Å²) in [6.45, 7) is 8.05. The van der Waals surface area contributed by atoms with Crippen LogP contribution in [0.25, 0.3) is 0 Å². The fourth-order valence-electron chi connectivity index (χ4n) is 2.09. The van der Waals surface area contributed by atoms with E-state index in [1.165, 1.54) is 0 Å². The Bertz CT molecular complexity index is 455. The zero-order valence-electron chi connectivity index (χ0n) is 12.3. The van der Waals surface area contributed by atoms with Gasteiger partial charge in [0.1, 0.15) is 0 Å². The second-order valence-electron chi connectivity index (χ2n) is 4.57. The summed E-state index contributed by atoms with van der Waals surface area (Å²) < 4.78 is 0. The van der Waals surface area contributed by atoms with Crippen LogP contribution in [-0.4, -0.2) is 24.0 Å². The van der Waals surface area contributed by atoms with Crippen molar-refractivity contribution in [3.05, 3.63) is 24.3 Å². The Morgan fingerprint density at radius 3 is 2.20 bits per heavy atom. The Labute approximate surface area is 126 Å². The van der Waals surface area contributed by atoms with Gasteiger partial charge in [-0.15, -0.1) is 0 Å². The zero-order valence-corrected chi connectivity index (χ0v) is 13.2. The van der Waals surface area contributed by atoms with Crippen molar-refractivity contribution in [3.63, 3.8) is 0 Å². The van der Waals surface area contributed by atoms with E-state index in [1.54, 1.807) is 0 Å². The van der Waals surface area contributed by atoms with Gasteiger partial charge in [-0.3, -0.25) is 4.79 Å². The first-order valence-electron chi connectivity index (χ1n) is 6.98. The van der Waals surface area contributed by atoms with Crippen molar-refractivity contribution < 1.29 is 4.79 Å². The second kappa shape index (κ2) is 7.85. The average molecular weight is 293 g/mol. The Hall–Kier alpha value is -1.62. The quantitative estimate of drug-likeness (QED) is 0.759. The van der Waals surface area contributed by atoms with Crippen molar-refractivity contribution in [2.75, 3.05) is 23.3 Å². The van der Waals surface area contributed by atoms with Crippen LogP contribution >= 0.6 is 12.2 Å². The highest BCUT2D eigenvalue weighted by Crippen LogP contribution is 2.18. The number of anilines is 2. The molecule has 0 radical (unpaired) electrons. The molecule has 0 saturated heterocycles. The molecule has 0 aliphatic rings. The molecule has 20 heavy (non-hydrogen) atoms. The van der Waals surface area contributed by atoms with E-state index in [-0.39, 0.29) is 10.9 Å². The van der Waals surface area contributed by atoms with Crippen LogP contribution in [0, 0.1) is 5.92 Å². The van der Waals surface area contributed by atoms with E-state index in [4.69, 9.17) is 18.0 Å². The van der Waals surface area contributed by atoms with Crippen molar-refractivity contribution >= 4 is 34.5 Å². The lowest BCUT2D eigenvalue weighted by Gasteiger charge is -2.21. The van der Waals surface area contributed by atoms with E-state index in [2.05, 4.69) is 24.1 Å². The van der Waals surface area contributed by atoms with E-state index in [9.17, 15) is 4.79 Å². The smallest absolute Gasteiger partial charge is 0.234 e. The first-order valence-corrected chi connectivity index (χ1v) is 7.39. The van der Waals surface area contributed by atoms with Crippen molar-refractivity contribution in [1.82, 2.24) is 0 Å². The van der Waals surface area contributed by atoms with Crippen LogP contribution in [-0.2, 0) is 4.79 Å². The number of carbonyl (C=O) groups excluding carboxylic acids is 1. The molecule has 0 aromatic heterocycles. The van der Waals surface area contributed by atoms with Gasteiger partial charge in [0.2, 0.25) is 5.91 Å². The van der Waals surface area contributed by atoms with Crippen molar-refractivity contribution in [3.8, 4) is 0 Å². The normalized spacial score (nSPS) is 11.8. The van der Waals surface area contributed by atoms with Crippen molar-refractivity contribution in [1.29, 1.82) is 0 Å². The number of nitrogens with zero attached hydrogens (tertiary/aromatic N) is 1. The summed E-state index contributed by atoms with van der Waals surface area (Å²) in [7, 11) is 0. The molecule has 1 aromatic carbocycles. The summed E-state index contributed by atoms with van der Waals surface area (Å²) in [5.74, 6) is -0.553. The third-order valence-corrected chi connectivity index (χ3v) is 3.62. The highest BCUT2D eigenvalue weighted by Gasteiger charge is 2.19. The molecule has 1 rings (SSSR count). The van der Waals surface area contributed by atoms with Crippen LogP contribution < -0.4 is 16.0 Å². The molecule has 110 valence electrons. The van der Waals surface area contributed by atoms with Crippen LogP contribution in [0.4, 0.5) is 11.4 Å². The number of nitrogens with one attached hydrogen (secondary N) is 1. The van der Waals surface area contributed by atoms with Crippen molar-refractivity contribution in [2.24, 2.45) is 11.7 Å². The molecular formula is C15H23N3OS. The van der Waals surface area contributed by atoms with E-state index in [0.29, 0.717) is 6.42 Å². The number of rotatable bonds is 7. The number of nitrogens with two attached hydrogens (primary N) is 1. The molecule has 0 bridgehead atoms. The number of hydrogen-bond acceptors (Lipinski definition) is 3. The topological polar surface area (TPSA) is 58.4 Å². The first kappa shape index (κ1) is 16.4. The molecule has 1 unspecified atom stereocenters. The van der Waals surface area contributed by atoms with Crippen LogP contribution in [0.2, 0.25) is 0 Å². The maximum absolute atomic E-state index is 12.0. The number of amides is 1. The van der Waals surface area contributed by atoms with Crippen molar-refractivity contribution in [2.45, 2.75) is 27.2 Å². The highest BCUT2D eigenvalue weighted by atomic mass is 32.1. The van der Waals surface area contributed by atoms with E-state index >= 15 is 0 Å². The van der Waals surface area contributed by atoms with Gasteiger partial charge in [0.25, 0.3) is 0 Å². The predicted molar refractivity (Wildman–Crippen MR) is 89.2 cm³/mol. The molecule has 0 spiro atoms. The Kier molecular flexibility index (Phi) is 6.45. The minimum atomic E-state index is -0.410. The zero-order chi connectivity index (χ0) is 15.1. The number of thiocarbonyl (C=S) groups is 1. The minimum absolute atomic E-state index is 0.143. The van der Waals surface area contributed by atoms with Gasteiger partial charge < -0.3 is 16.0 Å². The fourth-order valence-corrected chi connectivity index (χ4v) is 2.36. The third-order valence-electron chi connectivity index (χ3n) is 3.33. The molecule has 1 aromatic rings. The molecule has 3 N–H and O–H groups in total. The predicted octanol–water partition coefficient (Wildman–Crippen LogP) is 2.78. The van der Waals surface area contributed by atoms with Gasteiger partial charge in [-0.05, 0) is 44.5 Å². The lowest BCUT2D eigenvalue weighted by Crippen LogP contribution is -2.32. The fraction of sp³-hybridized carbons (Fsp3) is 0.467. The minimum Gasteiger partial charge on any atom is -0.393 e. The third kappa shape index (κ3) is 4.20. The van der Waals surface area contributed by atoms with Crippen LogP contribution in [0.15, 0.2) is 24.3 Å². The molecule has 5 heteroatoms. The molecule has 1 atom stereocenters. The second-order valence-corrected chi connectivity index (χ2v) is 5.04.